The second-order valence-electron chi connectivity index (χ2n) is 5.00. The second kappa shape index (κ2) is 6.64. The highest BCUT2D eigenvalue weighted by Gasteiger charge is 2.21. The van der Waals surface area contributed by atoms with Crippen molar-refractivity contribution in [2.75, 3.05) is 0 Å². The van der Waals surface area contributed by atoms with E-state index in [9.17, 15) is 9.90 Å². The number of ether oxygens (including phenoxy) is 1. The first kappa shape index (κ1) is 15.4. The van der Waals surface area contributed by atoms with Crippen molar-refractivity contribution in [3.63, 3.8) is 0 Å². The van der Waals surface area contributed by atoms with Crippen LogP contribution in [0.4, 0.5) is 0 Å². The van der Waals surface area contributed by atoms with Crippen molar-refractivity contribution in [1.82, 2.24) is 0 Å². The minimum absolute atomic E-state index is 0.293. The van der Waals surface area contributed by atoms with Gasteiger partial charge in [-0.1, -0.05) is 41.9 Å². The number of carboxylic acid groups (broad SMARTS) is 1. The molecular weight excluding hydrogens is 288 g/mol. The number of carbonyl (C=O) groups is 1. The minimum Gasteiger partial charge on any atom is -0.478 e. The van der Waals surface area contributed by atoms with E-state index in [4.69, 9.17) is 16.3 Å². The van der Waals surface area contributed by atoms with Crippen LogP contribution in [0.25, 0.3) is 0 Å². The van der Waals surface area contributed by atoms with Crippen LogP contribution >= 0.6 is 11.6 Å². The molecule has 0 fully saturated rings. The van der Waals surface area contributed by atoms with Gasteiger partial charge in [0.2, 0.25) is 0 Å². The van der Waals surface area contributed by atoms with Gasteiger partial charge in [-0.05, 0) is 42.7 Å². The molecule has 1 N–H and O–H groups in total. The van der Waals surface area contributed by atoms with Crippen LogP contribution in [-0.4, -0.2) is 17.2 Å². The van der Waals surface area contributed by atoms with Crippen molar-refractivity contribution in [3.05, 3.63) is 64.2 Å². The normalized spacial score (nSPS) is 12.0. The SMILES string of the molecule is Cc1ccc(CC(Oc2ccccc2Cl)C(=O)O)cc1C. The molecule has 2 aromatic rings. The molecule has 110 valence electrons. The zero-order valence-corrected chi connectivity index (χ0v) is 12.7. The molecule has 0 saturated heterocycles. The maximum absolute atomic E-state index is 11.4. The Hall–Kier alpha value is -2.00. The summed E-state index contributed by atoms with van der Waals surface area (Å²) in [6.45, 7) is 4.03. The van der Waals surface area contributed by atoms with E-state index in [1.54, 1.807) is 24.3 Å². The molecule has 2 rings (SSSR count). The van der Waals surface area contributed by atoms with Crippen molar-refractivity contribution in [2.45, 2.75) is 26.4 Å². The lowest BCUT2D eigenvalue weighted by atomic mass is 10.0. The maximum Gasteiger partial charge on any atom is 0.345 e. The van der Waals surface area contributed by atoms with Gasteiger partial charge in [-0.3, -0.25) is 0 Å². The van der Waals surface area contributed by atoms with Crippen molar-refractivity contribution in [1.29, 1.82) is 0 Å². The zero-order valence-electron chi connectivity index (χ0n) is 12.0. The Morgan fingerprint density at radius 2 is 1.90 bits per heavy atom. The number of hydrogen-bond donors (Lipinski definition) is 1. The number of halogens is 1. The van der Waals surface area contributed by atoms with Gasteiger partial charge in [0.15, 0.2) is 6.10 Å². The summed E-state index contributed by atoms with van der Waals surface area (Å²) >= 11 is 6.00. The van der Waals surface area contributed by atoms with Gasteiger partial charge in [0.1, 0.15) is 5.75 Å². The van der Waals surface area contributed by atoms with Gasteiger partial charge < -0.3 is 9.84 Å². The molecule has 1 unspecified atom stereocenters. The van der Waals surface area contributed by atoms with Crippen LogP contribution in [0.3, 0.4) is 0 Å². The third-order valence-electron chi connectivity index (χ3n) is 3.37. The quantitative estimate of drug-likeness (QED) is 0.907. The second-order valence-corrected chi connectivity index (χ2v) is 5.41. The summed E-state index contributed by atoms with van der Waals surface area (Å²) < 4.78 is 5.55. The van der Waals surface area contributed by atoms with E-state index in [1.165, 1.54) is 5.56 Å². The van der Waals surface area contributed by atoms with Crippen molar-refractivity contribution in [3.8, 4) is 5.75 Å². The lowest BCUT2D eigenvalue weighted by molar-refractivity contribution is -0.145. The highest BCUT2D eigenvalue weighted by Crippen LogP contribution is 2.25. The van der Waals surface area contributed by atoms with E-state index in [2.05, 4.69) is 0 Å². The van der Waals surface area contributed by atoms with Gasteiger partial charge in [-0.25, -0.2) is 4.79 Å². The third-order valence-corrected chi connectivity index (χ3v) is 3.69. The molecule has 3 nitrogen and oxygen atoms in total. The van der Waals surface area contributed by atoms with Crippen LogP contribution in [0.5, 0.6) is 5.75 Å². The van der Waals surface area contributed by atoms with Crippen LogP contribution in [0, 0.1) is 13.8 Å². The van der Waals surface area contributed by atoms with E-state index in [0.29, 0.717) is 17.2 Å². The van der Waals surface area contributed by atoms with Gasteiger partial charge in [0, 0.05) is 6.42 Å². The topological polar surface area (TPSA) is 46.5 Å². The summed E-state index contributed by atoms with van der Waals surface area (Å²) in [5.41, 5.74) is 3.24. The fourth-order valence-corrected chi connectivity index (χ4v) is 2.20. The molecule has 1 atom stereocenters. The lowest BCUT2D eigenvalue weighted by Crippen LogP contribution is -2.29. The standard InChI is InChI=1S/C17H17ClO3/c1-11-7-8-13(9-12(11)2)10-16(17(19)20)21-15-6-4-3-5-14(15)18/h3-9,16H,10H2,1-2H3,(H,19,20). The van der Waals surface area contributed by atoms with E-state index in [0.717, 1.165) is 11.1 Å². The first-order valence-corrected chi connectivity index (χ1v) is 7.05. The molecule has 0 aliphatic heterocycles. The Kier molecular flexibility index (Phi) is 4.86. The van der Waals surface area contributed by atoms with Crippen LogP contribution in [-0.2, 0) is 11.2 Å². The average Bonchev–Trinajstić information content (AvgIpc) is 2.44. The molecular formula is C17H17ClO3. The van der Waals surface area contributed by atoms with E-state index in [1.807, 2.05) is 32.0 Å². The van der Waals surface area contributed by atoms with Crippen LogP contribution in [0.2, 0.25) is 5.02 Å². The van der Waals surface area contributed by atoms with Crippen molar-refractivity contribution < 1.29 is 14.6 Å². The maximum atomic E-state index is 11.4. The Balaban J connectivity index is 2.18. The van der Waals surface area contributed by atoms with Crippen LogP contribution in [0.15, 0.2) is 42.5 Å². The molecule has 0 aliphatic carbocycles. The Morgan fingerprint density at radius 3 is 2.52 bits per heavy atom. The number of aliphatic carboxylic acids is 1. The van der Waals surface area contributed by atoms with E-state index < -0.39 is 12.1 Å². The number of hydrogen-bond acceptors (Lipinski definition) is 2. The predicted molar refractivity (Wildman–Crippen MR) is 83.1 cm³/mol. The van der Waals surface area contributed by atoms with Gasteiger partial charge in [0.25, 0.3) is 0 Å². The summed E-state index contributed by atoms with van der Waals surface area (Å²) in [5.74, 6) is -0.622. The Morgan fingerprint density at radius 1 is 1.19 bits per heavy atom. The smallest absolute Gasteiger partial charge is 0.345 e. The van der Waals surface area contributed by atoms with Crippen molar-refractivity contribution in [2.24, 2.45) is 0 Å². The van der Waals surface area contributed by atoms with Crippen molar-refractivity contribution >= 4 is 17.6 Å². The van der Waals surface area contributed by atoms with E-state index in [-0.39, 0.29) is 0 Å². The molecule has 0 aliphatic rings. The third kappa shape index (κ3) is 3.99. The predicted octanol–water partition coefficient (Wildman–Crippen LogP) is 4.03. The van der Waals surface area contributed by atoms with Crippen LogP contribution in [0.1, 0.15) is 16.7 Å². The molecule has 4 heteroatoms. The first-order chi connectivity index (χ1) is 9.97. The fraction of sp³-hybridized carbons (Fsp3) is 0.235. The Bertz CT molecular complexity index is 652. The molecule has 0 bridgehead atoms. The summed E-state index contributed by atoms with van der Waals surface area (Å²) in [6, 6.07) is 12.8. The minimum atomic E-state index is -1.01. The number of benzene rings is 2. The van der Waals surface area contributed by atoms with E-state index >= 15 is 0 Å². The molecule has 21 heavy (non-hydrogen) atoms. The molecule has 0 aromatic heterocycles. The largest absolute Gasteiger partial charge is 0.478 e. The number of carboxylic acids is 1. The zero-order chi connectivity index (χ0) is 15.4. The average molecular weight is 305 g/mol. The molecule has 2 aromatic carbocycles. The van der Waals surface area contributed by atoms with Gasteiger partial charge in [0.05, 0.1) is 5.02 Å². The van der Waals surface area contributed by atoms with Gasteiger partial charge in [-0.2, -0.15) is 0 Å². The molecule has 0 amide bonds. The summed E-state index contributed by atoms with van der Waals surface area (Å²) in [4.78, 5) is 11.4. The first-order valence-electron chi connectivity index (χ1n) is 6.67. The monoisotopic (exact) mass is 304 g/mol. The summed E-state index contributed by atoms with van der Waals surface area (Å²) in [5, 5.41) is 9.75. The Labute approximate surface area is 129 Å². The number of aryl methyl sites for hydroxylation is 2. The summed E-state index contributed by atoms with van der Waals surface area (Å²) in [6.07, 6.45) is -0.672. The van der Waals surface area contributed by atoms with Gasteiger partial charge in [-0.15, -0.1) is 0 Å². The molecule has 0 heterocycles. The summed E-state index contributed by atoms with van der Waals surface area (Å²) in [7, 11) is 0. The molecule has 0 radical (unpaired) electrons. The molecule has 0 saturated carbocycles. The van der Waals surface area contributed by atoms with Crippen LogP contribution < -0.4 is 4.74 Å². The lowest BCUT2D eigenvalue weighted by Gasteiger charge is -2.16. The molecule has 0 spiro atoms. The number of para-hydroxylation sites is 1. The van der Waals surface area contributed by atoms with Gasteiger partial charge >= 0.3 is 5.97 Å². The number of rotatable bonds is 5. The fourth-order valence-electron chi connectivity index (χ4n) is 2.02. The highest BCUT2D eigenvalue weighted by atomic mass is 35.5. The highest BCUT2D eigenvalue weighted by molar-refractivity contribution is 6.32.